The van der Waals surface area contributed by atoms with E-state index in [-0.39, 0.29) is 11.3 Å². The smallest absolute Gasteiger partial charge is 0.329 e. The monoisotopic (exact) mass is 261 g/mol. The van der Waals surface area contributed by atoms with Crippen molar-refractivity contribution < 1.29 is 4.92 Å². The Balaban J connectivity index is 2.31. The van der Waals surface area contributed by atoms with Crippen LogP contribution in [0.25, 0.3) is 0 Å². The SMILES string of the molecule is CNCC1CCN(c2nccc(C#N)c2[N+](=O)[O-])C1. The fourth-order valence-electron chi connectivity index (χ4n) is 2.42. The Morgan fingerprint density at radius 2 is 2.53 bits per heavy atom. The van der Waals surface area contributed by atoms with E-state index in [0.29, 0.717) is 11.7 Å². The van der Waals surface area contributed by atoms with Crippen molar-refractivity contribution in [3.05, 3.63) is 27.9 Å². The molecule has 2 heterocycles. The Morgan fingerprint density at radius 1 is 1.74 bits per heavy atom. The molecule has 1 aliphatic heterocycles. The molecule has 1 aromatic heterocycles. The van der Waals surface area contributed by atoms with Gasteiger partial charge in [0.1, 0.15) is 11.6 Å². The summed E-state index contributed by atoms with van der Waals surface area (Å²) in [6.45, 7) is 2.33. The van der Waals surface area contributed by atoms with Crippen LogP contribution in [-0.2, 0) is 0 Å². The van der Waals surface area contributed by atoms with Gasteiger partial charge in [0.15, 0.2) is 0 Å². The lowest BCUT2D eigenvalue weighted by atomic mass is 10.1. The lowest BCUT2D eigenvalue weighted by Crippen LogP contribution is -2.25. The number of rotatable bonds is 4. The van der Waals surface area contributed by atoms with Crippen molar-refractivity contribution in [2.75, 3.05) is 31.6 Å². The second-order valence-electron chi connectivity index (χ2n) is 4.56. The lowest BCUT2D eigenvalue weighted by Gasteiger charge is -2.17. The van der Waals surface area contributed by atoms with Crippen LogP contribution in [0.4, 0.5) is 11.5 Å². The number of pyridine rings is 1. The highest BCUT2D eigenvalue weighted by atomic mass is 16.6. The van der Waals surface area contributed by atoms with Gasteiger partial charge in [0, 0.05) is 19.3 Å². The Bertz CT molecular complexity index is 525. The minimum Gasteiger partial charge on any atom is -0.351 e. The summed E-state index contributed by atoms with van der Waals surface area (Å²) in [5.41, 5.74) is -0.123. The fraction of sp³-hybridized carbons (Fsp3) is 0.500. The van der Waals surface area contributed by atoms with Gasteiger partial charge < -0.3 is 10.2 Å². The molecule has 1 saturated heterocycles. The molecule has 1 aromatic rings. The van der Waals surface area contributed by atoms with Gasteiger partial charge in [-0.15, -0.1) is 0 Å². The molecule has 0 radical (unpaired) electrons. The molecule has 0 amide bonds. The van der Waals surface area contributed by atoms with E-state index in [4.69, 9.17) is 5.26 Å². The van der Waals surface area contributed by atoms with Crippen LogP contribution >= 0.6 is 0 Å². The van der Waals surface area contributed by atoms with Gasteiger partial charge in [-0.2, -0.15) is 5.26 Å². The first-order chi connectivity index (χ1) is 9.17. The third-order valence-corrected chi connectivity index (χ3v) is 3.29. The number of hydrogen-bond donors (Lipinski definition) is 1. The fourth-order valence-corrected chi connectivity index (χ4v) is 2.42. The van der Waals surface area contributed by atoms with Crippen LogP contribution < -0.4 is 10.2 Å². The summed E-state index contributed by atoms with van der Waals surface area (Å²) in [6, 6.07) is 3.23. The average Bonchev–Trinajstić information content (AvgIpc) is 2.86. The van der Waals surface area contributed by atoms with Crippen LogP contribution in [0, 0.1) is 27.4 Å². The minimum atomic E-state index is -0.522. The highest BCUT2D eigenvalue weighted by Gasteiger charge is 2.30. The number of nitrogens with one attached hydrogen (secondary N) is 1. The molecule has 7 nitrogen and oxygen atoms in total. The molecule has 1 fully saturated rings. The van der Waals surface area contributed by atoms with Crippen molar-refractivity contribution in [1.82, 2.24) is 10.3 Å². The molecule has 2 rings (SSSR count). The Morgan fingerprint density at radius 3 is 3.16 bits per heavy atom. The van der Waals surface area contributed by atoms with Crippen LogP contribution in [0.2, 0.25) is 0 Å². The molecule has 0 aliphatic carbocycles. The summed E-state index contributed by atoms with van der Waals surface area (Å²) >= 11 is 0. The van der Waals surface area contributed by atoms with Crippen molar-refractivity contribution in [3.8, 4) is 6.07 Å². The molecule has 1 unspecified atom stereocenters. The van der Waals surface area contributed by atoms with Gasteiger partial charge >= 0.3 is 5.69 Å². The zero-order chi connectivity index (χ0) is 13.8. The number of anilines is 1. The minimum absolute atomic E-state index is 0.0621. The first-order valence-electron chi connectivity index (χ1n) is 6.10. The molecule has 19 heavy (non-hydrogen) atoms. The Kier molecular flexibility index (Phi) is 3.92. The Hall–Kier alpha value is -2.20. The third kappa shape index (κ3) is 2.63. The number of hydrogen-bond acceptors (Lipinski definition) is 6. The largest absolute Gasteiger partial charge is 0.351 e. The maximum atomic E-state index is 11.1. The van der Waals surface area contributed by atoms with Gasteiger partial charge in [0.2, 0.25) is 5.82 Å². The summed E-state index contributed by atoms with van der Waals surface area (Å²) in [4.78, 5) is 16.6. The zero-order valence-corrected chi connectivity index (χ0v) is 10.7. The summed E-state index contributed by atoms with van der Waals surface area (Å²) < 4.78 is 0. The summed E-state index contributed by atoms with van der Waals surface area (Å²) in [6.07, 6.45) is 2.42. The second kappa shape index (κ2) is 5.63. The quantitative estimate of drug-likeness (QED) is 0.639. The molecule has 1 atom stereocenters. The van der Waals surface area contributed by atoms with E-state index in [1.807, 2.05) is 18.0 Å². The zero-order valence-electron chi connectivity index (χ0n) is 10.7. The molecule has 0 spiro atoms. The first kappa shape index (κ1) is 13.2. The van der Waals surface area contributed by atoms with Crippen LogP contribution in [0.3, 0.4) is 0 Å². The van der Waals surface area contributed by atoms with E-state index >= 15 is 0 Å². The predicted octanol–water partition coefficient (Wildman–Crippen LogP) is 0.907. The number of nitrogens with zero attached hydrogens (tertiary/aromatic N) is 4. The standard InChI is InChI=1S/C12H15N5O2/c1-14-7-9-3-5-16(8-9)12-11(17(18)19)10(6-13)2-4-15-12/h2,4,9,14H,3,5,7-8H2,1H3. The number of nitro groups is 1. The van der Waals surface area contributed by atoms with E-state index in [0.717, 1.165) is 26.1 Å². The molecule has 0 aromatic carbocycles. The molecule has 1 aliphatic rings. The van der Waals surface area contributed by atoms with Gasteiger partial charge in [0.25, 0.3) is 0 Å². The summed E-state index contributed by atoms with van der Waals surface area (Å²) in [7, 11) is 1.89. The van der Waals surface area contributed by atoms with Crippen LogP contribution in [0.15, 0.2) is 12.3 Å². The van der Waals surface area contributed by atoms with Gasteiger partial charge in [-0.25, -0.2) is 4.98 Å². The van der Waals surface area contributed by atoms with E-state index in [9.17, 15) is 10.1 Å². The highest BCUT2D eigenvalue weighted by molar-refractivity contribution is 5.65. The Labute approximate surface area is 111 Å². The van der Waals surface area contributed by atoms with Crippen molar-refractivity contribution in [2.45, 2.75) is 6.42 Å². The van der Waals surface area contributed by atoms with E-state index in [1.54, 1.807) is 0 Å². The van der Waals surface area contributed by atoms with Gasteiger partial charge in [-0.05, 0) is 32.0 Å². The summed E-state index contributed by atoms with van der Waals surface area (Å²) in [5.74, 6) is 0.764. The van der Waals surface area contributed by atoms with Crippen LogP contribution in [0.1, 0.15) is 12.0 Å². The number of aromatic nitrogens is 1. The van der Waals surface area contributed by atoms with Crippen molar-refractivity contribution in [1.29, 1.82) is 5.26 Å². The van der Waals surface area contributed by atoms with E-state index in [1.165, 1.54) is 12.3 Å². The van der Waals surface area contributed by atoms with Crippen molar-refractivity contribution in [3.63, 3.8) is 0 Å². The number of nitriles is 1. The molecule has 0 saturated carbocycles. The van der Waals surface area contributed by atoms with Crippen LogP contribution in [-0.4, -0.2) is 36.6 Å². The summed E-state index contributed by atoms with van der Waals surface area (Å²) in [5, 5.41) is 23.2. The highest BCUT2D eigenvalue weighted by Crippen LogP contribution is 2.32. The van der Waals surface area contributed by atoms with Gasteiger partial charge in [0.05, 0.1) is 4.92 Å². The average molecular weight is 261 g/mol. The molecular formula is C12H15N5O2. The van der Waals surface area contributed by atoms with E-state index < -0.39 is 4.92 Å². The third-order valence-electron chi connectivity index (χ3n) is 3.29. The normalized spacial score (nSPS) is 18.3. The van der Waals surface area contributed by atoms with Crippen molar-refractivity contribution >= 4 is 11.5 Å². The van der Waals surface area contributed by atoms with Crippen molar-refractivity contribution in [2.24, 2.45) is 5.92 Å². The second-order valence-corrected chi connectivity index (χ2v) is 4.56. The topological polar surface area (TPSA) is 95.1 Å². The molecule has 0 bridgehead atoms. The maximum absolute atomic E-state index is 11.1. The van der Waals surface area contributed by atoms with Gasteiger partial charge in [-0.3, -0.25) is 10.1 Å². The molecular weight excluding hydrogens is 246 g/mol. The molecule has 100 valence electrons. The molecule has 1 N–H and O–H groups in total. The lowest BCUT2D eigenvalue weighted by molar-refractivity contribution is -0.384. The van der Waals surface area contributed by atoms with E-state index in [2.05, 4.69) is 10.3 Å². The van der Waals surface area contributed by atoms with Crippen LogP contribution in [0.5, 0.6) is 0 Å². The molecule has 7 heteroatoms. The predicted molar refractivity (Wildman–Crippen MR) is 69.9 cm³/mol. The maximum Gasteiger partial charge on any atom is 0.329 e. The van der Waals surface area contributed by atoms with Gasteiger partial charge in [-0.1, -0.05) is 0 Å². The first-order valence-corrected chi connectivity index (χ1v) is 6.10.